The van der Waals surface area contributed by atoms with E-state index in [-0.39, 0.29) is 80.1 Å². The third kappa shape index (κ3) is 44.4. The van der Waals surface area contributed by atoms with Gasteiger partial charge in [0.1, 0.15) is 0 Å². The number of benzene rings is 1. The van der Waals surface area contributed by atoms with E-state index in [1.165, 1.54) is 72.5 Å². The van der Waals surface area contributed by atoms with E-state index >= 15 is 0 Å². The molecule has 6 aliphatic rings. The number of methoxy groups -OCH3 is 2. The van der Waals surface area contributed by atoms with E-state index in [1.807, 2.05) is 13.8 Å². The molecule has 0 radical (unpaired) electrons. The average molecular weight is 1210 g/mol. The Morgan fingerprint density at radius 3 is 1.15 bits per heavy atom. The zero-order chi connectivity index (χ0) is 62.7. The van der Waals surface area contributed by atoms with E-state index in [0.717, 1.165) is 127 Å². The van der Waals surface area contributed by atoms with Gasteiger partial charge >= 0.3 is 36.8 Å². The SMILES string of the molecule is C.C#CCC1CCC(CO)CC1.C#CCC1CCC(COC(C)=O)CC1.C1CCOC1.C=CC.COC(=O)C1CCC(C(=O)OC)CC1.Cc1ccc(S(=O)(=O)OCC2CCC(CO)CC2)cc1.NCCN.OCC1CCC(CO)CC1.[C-]#C.[Li+]. The van der Waals surface area contributed by atoms with Crippen LogP contribution in [0.4, 0.5) is 0 Å². The van der Waals surface area contributed by atoms with Gasteiger partial charge in [0.2, 0.25) is 0 Å². The summed E-state index contributed by atoms with van der Waals surface area (Å²) in [6, 6.07) is 6.69. The summed E-state index contributed by atoms with van der Waals surface area (Å²) in [5.74, 6) is 9.13. The van der Waals surface area contributed by atoms with Gasteiger partial charge in [0.25, 0.3) is 10.1 Å². The molecule has 6 fully saturated rings. The van der Waals surface area contributed by atoms with Crippen molar-refractivity contribution >= 4 is 28.0 Å². The van der Waals surface area contributed by atoms with Gasteiger partial charge in [-0.25, -0.2) is 0 Å². The number of aliphatic hydroxyl groups excluding tert-OH is 4. The van der Waals surface area contributed by atoms with E-state index < -0.39 is 10.1 Å². The fourth-order valence-corrected chi connectivity index (χ4v) is 11.3. The van der Waals surface area contributed by atoms with Crippen LogP contribution in [0.1, 0.15) is 181 Å². The topological polar surface area (TPSA) is 264 Å². The Morgan fingerprint density at radius 2 is 0.906 bits per heavy atom. The van der Waals surface area contributed by atoms with E-state index in [2.05, 4.69) is 34.3 Å². The van der Waals surface area contributed by atoms with Gasteiger partial charge in [-0.3, -0.25) is 18.6 Å². The van der Waals surface area contributed by atoms with Crippen LogP contribution in [0.3, 0.4) is 0 Å². The maximum atomic E-state index is 12.0. The van der Waals surface area contributed by atoms with Crippen LogP contribution in [0.5, 0.6) is 0 Å². The van der Waals surface area contributed by atoms with Crippen LogP contribution < -0.4 is 30.3 Å². The average Bonchev–Trinajstić information content (AvgIpc) is 4.17. The number of rotatable bonds is 15. The quantitative estimate of drug-likeness (QED) is 0.0191. The third-order valence-corrected chi connectivity index (χ3v) is 17.1. The molecule has 484 valence electrons. The molecule has 8 N–H and O–H groups in total. The molecule has 5 aliphatic carbocycles. The molecule has 0 atom stereocenters. The standard InChI is InChI=1S/C15H22O4S.C12H18O2.C10H16O4.C10H16O.C8H16O2.C4H8O.C3H6.C2H8N2.C2H.CH4.Li/c1-12-2-8-15(9-3-12)20(17,18)19-11-14-6-4-13(10-16)5-7-14;1-3-4-11-5-7-12(8-6-11)9-14-10(2)13;1-13-9(11)7-3-5-8(6-4-7)10(12)14-2;1-2-3-9-4-6-10(8-11)7-5-9;9-5-7-1-2-8(6-10)4-3-7;1-2-4-5-3-1;1-3-2;3-1-2-4;1-2;;/h2-3,8-9,13-14,16H,4-7,10-11H2,1H3;1,11-12H,4-9H2,2H3;7-8H,3-6H2,1-2H3;1,9-11H,3-8H2;7-10H,1-6H2;1-4H2;3H,1H2,2H3;1-4H2;1H;1H4;/q;;;;;;;;-1;;+1. The van der Waals surface area contributed by atoms with Crippen LogP contribution in [-0.2, 0) is 47.6 Å². The van der Waals surface area contributed by atoms with Crippen molar-refractivity contribution in [2.24, 2.45) is 70.6 Å². The summed E-state index contributed by atoms with van der Waals surface area (Å²) in [5, 5.41) is 35.5. The zero-order valence-corrected chi connectivity index (χ0v) is 53.4. The minimum atomic E-state index is -3.64. The second-order valence-corrected chi connectivity index (χ2v) is 24.0. The Morgan fingerprint density at radius 1 is 0.612 bits per heavy atom. The largest absolute Gasteiger partial charge is 1.00 e. The number of hydrogen-bond acceptors (Lipinski definition) is 16. The molecule has 1 heterocycles. The molecule has 0 aromatic heterocycles. The van der Waals surface area contributed by atoms with E-state index in [1.54, 1.807) is 30.3 Å². The van der Waals surface area contributed by atoms with E-state index in [9.17, 15) is 22.8 Å². The van der Waals surface area contributed by atoms with Crippen molar-refractivity contribution in [3.8, 4) is 31.1 Å². The fourth-order valence-electron chi connectivity index (χ4n) is 10.3. The number of carbonyl (C=O) groups excluding carboxylic acids is 3. The molecular weight excluding hydrogens is 1100 g/mol. The molecule has 0 bridgehead atoms. The Labute approximate surface area is 528 Å². The van der Waals surface area contributed by atoms with Gasteiger partial charge in [0.05, 0.1) is 44.2 Å². The first kappa shape index (κ1) is 87.7. The van der Waals surface area contributed by atoms with Gasteiger partial charge in [-0.2, -0.15) is 8.42 Å². The number of nitrogens with two attached hydrogens (primary N) is 2. The molecule has 5 saturated carbocycles. The predicted octanol–water partition coefficient (Wildman–Crippen LogP) is 7.34. The number of ether oxygens (including phenoxy) is 4. The van der Waals surface area contributed by atoms with Crippen molar-refractivity contribution < 1.29 is 85.2 Å². The van der Waals surface area contributed by atoms with Crippen molar-refractivity contribution in [2.75, 3.05) is 80.2 Å². The van der Waals surface area contributed by atoms with Gasteiger partial charge in [-0.05, 0) is 215 Å². The molecule has 16 nitrogen and oxygen atoms in total. The summed E-state index contributed by atoms with van der Waals surface area (Å²) in [5.41, 5.74) is 10.8. The number of allylic oxidation sites excluding steroid dienone is 1. The number of carbonyl (C=O) groups is 3. The smallest absolute Gasteiger partial charge is 0.697 e. The van der Waals surface area contributed by atoms with E-state index in [4.69, 9.17) is 64.8 Å². The molecule has 0 spiro atoms. The summed E-state index contributed by atoms with van der Waals surface area (Å²) in [6.07, 6.45) is 46.2. The van der Waals surface area contributed by atoms with Crippen LogP contribution in [0.15, 0.2) is 41.8 Å². The molecule has 0 amide bonds. The van der Waals surface area contributed by atoms with Crippen LogP contribution >= 0.6 is 0 Å². The Kier molecular flexibility index (Phi) is 59.8. The van der Waals surface area contributed by atoms with Crippen molar-refractivity contribution in [1.82, 2.24) is 0 Å². The second-order valence-electron chi connectivity index (χ2n) is 22.3. The van der Waals surface area contributed by atoms with Crippen LogP contribution in [0.25, 0.3) is 0 Å². The number of terminal acetylenes is 3. The number of aryl methyl sites for hydroxylation is 1. The number of hydrogen-bond donors (Lipinski definition) is 6. The maximum Gasteiger partial charge on any atom is 1.00 e. The van der Waals surface area contributed by atoms with Gasteiger partial charge in [-0.1, -0.05) is 31.2 Å². The van der Waals surface area contributed by atoms with Gasteiger partial charge in [0, 0.05) is 72.5 Å². The van der Waals surface area contributed by atoms with E-state index in [0.29, 0.717) is 75.0 Å². The first-order valence-electron chi connectivity index (χ1n) is 30.4. The maximum absolute atomic E-state index is 12.0. The second kappa shape index (κ2) is 58.0. The number of aliphatic hydroxyl groups is 4. The molecule has 7 rings (SSSR count). The molecule has 1 aliphatic heterocycles. The predicted molar refractivity (Wildman–Crippen MR) is 336 cm³/mol. The molecule has 1 aromatic rings. The van der Waals surface area contributed by atoms with Crippen LogP contribution in [0.2, 0.25) is 0 Å². The summed E-state index contributed by atoms with van der Waals surface area (Å²) in [7, 11) is -0.850. The zero-order valence-electron chi connectivity index (χ0n) is 52.6. The summed E-state index contributed by atoms with van der Waals surface area (Å²) >= 11 is 0. The number of esters is 3. The molecule has 1 saturated heterocycles. The van der Waals surface area contributed by atoms with Crippen molar-refractivity contribution in [2.45, 2.75) is 187 Å². The summed E-state index contributed by atoms with van der Waals surface area (Å²) < 4.78 is 48.5. The normalized spacial score (nSPS) is 24.4. The van der Waals surface area contributed by atoms with Gasteiger partial charge in [-0.15, -0.1) is 31.3 Å². The Hall–Kier alpha value is -3.72. The van der Waals surface area contributed by atoms with Crippen LogP contribution in [-0.4, -0.2) is 127 Å². The van der Waals surface area contributed by atoms with Gasteiger partial charge in [0.15, 0.2) is 0 Å². The molecule has 85 heavy (non-hydrogen) atoms. The van der Waals surface area contributed by atoms with Gasteiger partial charge < -0.3 is 63.7 Å². The Balaban J connectivity index is -0.000000460. The molecular formula is C67H115LiN2O14S. The fraction of sp³-hybridized carbons (Fsp3) is 0.746. The summed E-state index contributed by atoms with van der Waals surface area (Å²) in [6.45, 7) is 13.9. The first-order valence-corrected chi connectivity index (χ1v) is 31.8. The molecule has 18 heteroatoms. The molecule has 1 aromatic carbocycles. The Bertz CT molecular complexity index is 1920. The summed E-state index contributed by atoms with van der Waals surface area (Å²) in [4.78, 5) is 33.2. The van der Waals surface area contributed by atoms with Crippen LogP contribution in [0, 0.1) is 104 Å². The van der Waals surface area contributed by atoms with Crippen molar-refractivity contribution in [3.63, 3.8) is 0 Å². The first-order chi connectivity index (χ1) is 40.0. The third-order valence-electron chi connectivity index (χ3n) is 15.8. The molecule has 0 unspecified atom stereocenters. The van der Waals surface area contributed by atoms with Crippen molar-refractivity contribution in [3.05, 3.63) is 48.9 Å². The minimum absolute atomic E-state index is 0. The van der Waals surface area contributed by atoms with Crippen molar-refractivity contribution in [1.29, 1.82) is 0 Å². The minimum Gasteiger partial charge on any atom is -0.697 e. The monoisotopic (exact) mass is 1210 g/mol.